The van der Waals surface area contributed by atoms with Gasteiger partial charge in [-0.05, 0) is 29.5 Å². The lowest BCUT2D eigenvalue weighted by molar-refractivity contribution is -0.138. The molecule has 0 aliphatic heterocycles. The monoisotopic (exact) mass is 241 g/mol. The van der Waals surface area contributed by atoms with Crippen molar-refractivity contribution < 1.29 is 9.90 Å². The van der Waals surface area contributed by atoms with Gasteiger partial charge in [0.1, 0.15) is 6.04 Å². The van der Waals surface area contributed by atoms with Crippen molar-refractivity contribution in [2.75, 3.05) is 0 Å². The predicted octanol–water partition coefficient (Wildman–Crippen LogP) is 2.42. The molecule has 0 saturated heterocycles. The Balaban J connectivity index is 2.85. The maximum Gasteiger partial charge on any atom is 0.320 e. The third-order valence-electron chi connectivity index (χ3n) is 2.46. The van der Waals surface area contributed by atoms with Gasteiger partial charge in [-0.3, -0.25) is 4.79 Å². The highest BCUT2D eigenvalue weighted by Crippen LogP contribution is 2.25. The summed E-state index contributed by atoms with van der Waals surface area (Å²) < 4.78 is 0. The van der Waals surface area contributed by atoms with Gasteiger partial charge >= 0.3 is 5.97 Å². The van der Waals surface area contributed by atoms with Crippen LogP contribution in [0.4, 0.5) is 0 Å². The molecular weight excluding hydrogens is 226 g/mol. The normalized spacial score (nSPS) is 12.8. The number of carbonyl (C=O) groups is 1. The Hall–Kier alpha value is -1.06. The summed E-state index contributed by atoms with van der Waals surface area (Å²) in [7, 11) is 0. The Morgan fingerprint density at radius 3 is 2.56 bits per heavy atom. The average molecular weight is 242 g/mol. The lowest BCUT2D eigenvalue weighted by atomic mass is 9.99. The highest BCUT2D eigenvalue weighted by molar-refractivity contribution is 6.31. The molecule has 3 nitrogen and oxygen atoms in total. The van der Waals surface area contributed by atoms with E-state index in [1.165, 1.54) is 0 Å². The Morgan fingerprint density at radius 1 is 1.50 bits per heavy atom. The average Bonchev–Trinajstić information content (AvgIpc) is 2.16. The van der Waals surface area contributed by atoms with E-state index in [9.17, 15) is 4.79 Å². The highest BCUT2D eigenvalue weighted by Gasteiger charge is 2.13. The lowest BCUT2D eigenvalue weighted by Crippen LogP contribution is -2.32. The first-order valence-electron chi connectivity index (χ1n) is 5.18. The highest BCUT2D eigenvalue weighted by atomic mass is 35.5. The van der Waals surface area contributed by atoms with Gasteiger partial charge in [0.25, 0.3) is 0 Å². The third kappa shape index (κ3) is 3.22. The molecule has 0 bridgehead atoms. The molecule has 0 aliphatic rings. The number of rotatable bonds is 4. The largest absolute Gasteiger partial charge is 0.480 e. The van der Waals surface area contributed by atoms with Crippen molar-refractivity contribution in [3.8, 4) is 0 Å². The van der Waals surface area contributed by atoms with E-state index >= 15 is 0 Å². The molecule has 88 valence electrons. The van der Waals surface area contributed by atoms with Gasteiger partial charge in [0.05, 0.1) is 0 Å². The van der Waals surface area contributed by atoms with Gasteiger partial charge in [0, 0.05) is 5.02 Å². The number of halogens is 1. The van der Waals surface area contributed by atoms with Crippen molar-refractivity contribution in [1.82, 2.24) is 0 Å². The van der Waals surface area contributed by atoms with Gasteiger partial charge in [0.15, 0.2) is 0 Å². The van der Waals surface area contributed by atoms with Crippen LogP contribution in [0.2, 0.25) is 5.02 Å². The predicted molar refractivity (Wildman–Crippen MR) is 64.9 cm³/mol. The van der Waals surface area contributed by atoms with Crippen LogP contribution in [0.15, 0.2) is 18.2 Å². The van der Waals surface area contributed by atoms with Gasteiger partial charge in [0.2, 0.25) is 0 Å². The van der Waals surface area contributed by atoms with Crippen molar-refractivity contribution in [1.29, 1.82) is 0 Å². The van der Waals surface area contributed by atoms with E-state index in [4.69, 9.17) is 22.4 Å². The van der Waals surface area contributed by atoms with Crippen molar-refractivity contribution in [2.24, 2.45) is 5.73 Å². The van der Waals surface area contributed by atoms with Crippen LogP contribution < -0.4 is 5.73 Å². The Kier molecular flexibility index (Phi) is 4.33. The molecule has 4 heteroatoms. The number of hydrogen-bond acceptors (Lipinski definition) is 2. The van der Waals surface area contributed by atoms with Crippen LogP contribution in [-0.2, 0) is 11.2 Å². The molecule has 0 saturated carbocycles. The first-order chi connectivity index (χ1) is 7.41. The van der Waals surface area contributed by atoms with Crippen LogP contribution in [0.3, 0.4) is 0 Å². The number of benzene rings is 1. The van der Waals surface area contributed by atoms with Crippen molar-refractivity contribution in [3.63, 3.8) is 0 Å². The molecule has 0 aromatic heterocycles. The fraction of sp³-hybridized carbons (Fsp3) is 0.417. The summed E-state index contributed by atoms with van der Waals surface area (Å²) in [5.74, 6) is -0.640. The third-order valence-corrected chi connectivity index (χ3v) is 2.79. The number of carboxylic acid groups (broad SMARTS) is 1. The number of hydrogen-bond donors (Lipinski definition) is 2. The quantitative estimate of drug-likeness (QED) is 0.851. The second kappa shape index (κ2) is 5.32. The number of nitrogens with two attached hydrogens (primary N) is 1. The van der Waals surface area contributed by atoms with Crippen LogP contribution in [0.5, 0.6) is 0 Å². The Bertz CT molecular complexity index is 391. The minimum Gasteiger partial charge on any atom is -0.480 e. The minimum atomic E-state index is -0.996. The fourth-order valence-corrected chi connectivity index (χ4v) is 1.93. The molecule has 0 radical (unpaired) electrons. The second-order valence-electron chi connectivity index (χ2n) is 4.16. The summed E-state index contributed by atoms with van der Waals surface area (Å²) in [4.78, 5) is 10.6. The van der Waals surface area contributed by atoms with E-state index in [1.54, 1.807) is 6.07 Å². The smallest absolute Gasteiger partial charge is 0.320 e. The van der Waals surface area contributed by atoms with Crippen LogP contribution in [0.25, 0.3) is 0 Å². The summed E-state index contributed by atoms with van der Waals surface area (Å²) in [6.45, 7) is 4.12. The van der Waals surface area contributed by atoms with E-state index < -0.39 is 12.0 Å². The molecule has 16 heavy (non-hydrogen) atoms. The molecule has 1 aromatic carbocycles. The molecule has 0 heterocycles. The van der Waals surface area contributed by atoms with Gasteiger partial charge in [-0.1, -0.05) is 37.6 Å². The van der Waals surface area contributed by atoms with Crippen LogP contribution >= 0.6 is 11.6 Å². The molecule has 0 fully saturated rings. The first-order valence-corrected chi connectivity index (χ1v) is 5.56. The summed E-state index contributed by atoms with van der Waals surface area (Å²) in [5, 5.41) is 9.37. The molecule has 0 aliphatic carbocycles. The van der Waals surface area contributed by atoms with Crippen molar-refractivity contribution in [3.05, 3.63) is 34.3 Å². The maximum absolute atomic E-state index is 10.6. The van der Waals surface area contributed by atoms with Crippen molar-refractivity contribution >= 4 is 17.6 Å². The summed E-state index contributed by atoms with van der Waals surface area (Å²) in [5.41, 5.74) is 7.37. The zero-order valence-corrected chi connectivity index (χ0v) is 10.2. The van der Waals surface area contributed by atoms with E-state index in [0.717, 1.165) is 11.1 Å². The van der Waals surface area contributed by atoms with E-state index in [-0.39, 0.29) is 0 Å². The summed E-state index contributed by atoms with van der Waals surface area (Å²) in [6, 6.07) is 4.72. The standard InChI is InChI=1S/C12H16ClNO2/c1-7(2)9-4-3-8(5-10(9)13)6-11(14)12(15)16/h3-5,7,11H,6,14H2,1-2H3,(H,15,16). The molecule has 3 N–H and O–H groups in total. The van der Waals surface area contributed by atoms with Gasteiger partial charge in [-0.15, -0.1) is 0 Å². The Labute approximate surface area is 100 Å². The zero-order chi connectivity index (χ0) is 12.3. The van der Waals surface area contributed by atoms with E-state index in [1.807, 2.05) is 12.1 Å². The van der Waals surface area contributed by atoms with Gasteiger partial charge in [-0.2, -0.15) is 0 Å². The van der Waals surface area contributed by atoms with E-state index in [0.29, 0.717) is 17.4 Å². The molecule has 1 aromatic rings. The molecule has 1 unspecified atom stereocenters. The van der Waals surface area contributed by atoms with Gasteiger partial charge in [-0.25, -0.2) is 0 Å². The summed E-state index contributed by atoms with van der Waals surface area (Å²) >= 11 is 6.10. The zero-order valence-electron chi connectivity index (χ0n) is 9.40. The molecule has 0 amide bonds. The fourth-order valence-electron chi connectivity index (χ4n) is 1.51. The van der Waals surface area contributed by atoms with Crippen LogP contribution in [0.1, 0.15) is 30.9 Å². The molecule has 1 rings (SSSR count). The lowest BCUT2D eigenvalue weighted by Gasteiger charge is -2.11. The molecule has 1 atom stereocenters. The second-order valence-corrected chi connectivity index (χ2v) is 4.57. The van der Waals surface area contributed by atoms with Crippen LogP contribution in [0, 0.1) is 0 Å². The minimum absolute atomic E-state index is 0.299. The Morgan fingerprint density at radius 2 is 2.12 bits per heavy atom. The number of carboxylic acids is 1. The SMILES string of the molecule is CC(C)c1ccc(CC(N)C(=O)O)cc1Cl. The van der Waals surface area contributed by atoms with Crippen molar-refractivity contribution in [2.45, 2.75) is 32.2 Å². The summed E-state index contributed by atoms with van der Waals surface area (Å²) in [6.07, 6.45) is 0.299. The molecular formula is C12H16ClNO2. The topological polar surface area (TPSA) is 63.3 Å². The first kappa shape index (κ1) is 13.0. The molecule has 0 spiro atoms. The van der Waals surface area contributed by atoms with E-state index in [2.05, 4.69) is 13.8 Å². The number of aliphatic carboxylic acids is 1. The maximum atomic E-state index is 10.6. The van der Waals surface area contributed by atoms with Crippen LogP contribution in [-0.4, -0.2) is 17.1 Å². The van der Waals surface area contributed by atoms with Gasteiger partial charge < -0.3 is 10.8 Å².